The third-order valence-electron chi connectivity index (χ3n) is 3.66. The second kappa shape index (κ2) is 6.04. The summed E-state index contributed by atoms with van der Waals surface area (Å²) in [6.07, 6.45) is 1.81. The average molecular weight is 374 g/mol. The van der Waals surface area contributed by atoms with E-state index >= 15 is 0 Å². The Kier molecular flexibility index (Phi) is 4.09. The number of halogens is 1. The van der Waals surface area contributed by atoms with Crippen LogP contribution in [0, 0.1) is 13.8 Å². The second-order valence-electron chi connectivity index (χ2n) is 5.23. The largest absolute Gasteiger partial charge is 0.493 e. The number of aryl methyl sites for hydroxylation is 2. The van der Waals surface area contributed by atoms with Gasteiger partial charge in [-0.1, -0.05) is 15.9 Å². The number of pyridine rings is 1. The molecule has 2 aromatic heterocycles. The van der Waals surface area contributed by atoms with Crippen molar-refractivity contribution in [3.8, 4) is 5.75 Å². The van der Waals surface area contributed by atoms with Gasteiger partial charge in [0.05, 0.1) is 12.8 Å². The van der Waals surface area contributed by atoms with Crippen LogP contribution in [0.2, 0.25) is 0 Å². The summed E-state index contributed by atoms with van der Waals surface area (Å²) in [6, 6.07) is 9.38. The van der Waals surface area contributed by atoms with Crippen molar-refractivity contribution in [1.29, 1.82) is 0 Å². The highest BCUT2D eigenvalue weighted by Crippen LogP contribution is 2.24. The molecule has 0 aliphatic heterocycles. The van der Waals surface area contributed by atoms with Gasteiger partial charge in [0.15, 0.2) is 11.4 Å². The maximum atomic E-state index is 12.7. The fourth-order valence-corrected chi connectivity index (χ4v) is 3.01. The van der Waals surface area contributed by atoms with Crippen LogP contribution >= 0.6 is 15.9 Å². The lowest BCUT2D eigenvalue weighted by atomic mass is 10.2. The number of amides is 1. The number of nitrogens with one attached hydrogen (secondary N) is 1. The summed E-state index contributed by atoms with van der Waals surface area (Å²) < 4.78 is 8.03. The van der Waals surface area contributed by atoms with E-state index in [1.807, 2.05) is 44.2 Å². The molecular weight excluding hydrogens is 358 g/mol. The molecule has 0 saturated heterocycles. The molecule has 3 rings (SSSR count). The number of ether oxygens (including phenoxy) is 1. The molecule has 118 valence electrons. The van der Waals surface area contributed by atoms with E-state index in [0.717, 1.165) is 15.7 Å². The summed E-state index contributed by atoms with van der Waals surface area (Å²) >= 11 is 3.42. The first kappa shape index (κ1) is 15.6. The van der Waals surface area contributed by atoms with Gasteiger partial charge in [0.2, 0.25) is 0 Å². The molecule has 0 bridgehead atoms. The standard InChI is InChI=1S/C17H16BrN3O2/c1-10-9-12(18)6-7-13(10)20-17(22)15-11(2)19-16-14(23-3)5-4-8-21(15)16/h4-9H,1-3H3,(H,20,22). The quantitative estimate of drug-likeness (QED) is 0.755. The minimum Gasteiger partial charge on any atom is -0.493 e. The predicted molar refractivity (Wildman–Crippen MR) is 93.3 cm³/mol. The average Bonchev–Trinajstić information content (AvgIpc) is 2.85. The van der Waals surface area contributed by atoms with Crippen LogP contribution in [0.3, 0.4) is 0 Å². The van der Waals surface area contributed by atoms with Crippen LogP contribution < -0.4 is 10.1 Å². The van der Waals surface area contributed by atoms with Gasteiger partial charge in [-0.3, -0.25) is 9.20 Å². The van der Waals surface area contributed by atoms with E-state index in [4.69, 9.17) is 4.74 Å². The SMILES string of the molecule is COc1cccn2c(C(=O)Nc3ccc(Br)cc3C)c(C)nc12. The summed E-state index contributed by atoms with van der Waals surface area (Å²) in [5.74, 6) is 0.433. The summed E-state index contributed by atoms with van der Waals surface area (Å²) in [5.41, 5.74) is 3.54. The third kappa shape index (κ3) is 2.82. The highest BCUT2D eigenvalue weighted by molar-refractivity contribution is 9.10. The number of carbonyl (C=O) groups is 1. The lowest BCUT2D eigenvalue weighted by Gasteiger charge is -2.09. The monoisotopic (exact) mass is 373 g/mol. The molecule has 2 heterocycles. The van der Waals surface area contributed by atoms with Crippen LogP contribution in [0.4, 0.5) is 5.69 Å². The van der Waals surface area contributed by atoms with Crippen LogP contribution in [0.15, 0.2) is 41.0 Å². The van der Waals surface area contributed by atoms with Crippen LogP contribution in [0.25, 0.3) is 5.65 Å². The zero-order chi connectivity index (χ0) is 16.6. The van der Waals surface area contributed by atoms with Crippen LogP contribution in [0.1, 0.15) is 21.7 Å². The topological polar surface area (TPSA) is 55.6 Å². The zero-order valence-electron chi connectivity index (χ0n) is 13.1. The van der Waals surface area contributed by atoms with Gasteiger partial charge in [0.25, 0.3) is 5.91 Å². The Balaban J connectivity index is 2.03. The Bertz CT molecular complexity index is 902. The lowest BCUT2D eigenvalue weighted by molar-refractivity contribution is 0.102. The number of imidazole rings is 1. The third-order valence-corrected chi connectivity index (χ3v) is 4.15. The first-order valence-corrected chi connectivity index (χ1v) is 7.89. The molecule has 0 aliphatic rings. The van der Waals surface area contributed by atoms with Crippen molar-refractivity contribution < 1.29 is 9.53 Å². The van der Waals surface area contributed by atoms with Gasteiger partial charge < -0.3 is 10.1 Å². The molecule has 0 atom stereocenters. The molecule has 1 amide bonds. The molecule has 3 aromatic rings. The molecule has 6 heteroatoms. The summed E-state index contributed by atoms with van der Waals surface area (Å²) in [7, 11) is 1.59. The Labute approximate surface area is 142 Å². The molecule has 0 unspecified atom stereocenters. The molecule has 0 spiro atoms. The molecule has 0 saturated carbocycles. The number of hydrogen-bond donors (Lipinski definition) is 1. The van der Waals surface area contributed by atoms with Gasteiger partial charge >= 0.3 is 0 Å². The second-order valence-corrected chi connectivity index (χ2v) is 6.15. The smallest absolute Gasteiger partial charge is 0.274 e. The van der Waals surface area contributed by atoms with E-state index in [-0.39, 0.29) is 5.91 Å². The number of carbonyl (C=O) groups excluding carboxylic acids is 1. The Hall–Kier alpha value is -2.34. The van der Waals surface area contributed by atoms with Crippen LogP contribution in [-0.4, -0.2) is 22.4 Å². The summed E-state index contributed by atoms with van der Waals surface area (Å²) in [5, 5.41) is 2.95. The summed E-state index contributed by atoms with van der Waals surface area (Å²) in [6.45, 7) is 3.76. The number of methoxy groups -OCH3 is 1. The molecule has 0 radical (unpaired) electrons. The number of aromatic nitrogens is 2. The van der Waals surface area contributed by atoms with Crippen molar-refractivity contribution in [2.75, 3.05) is 12.4 Å². The molecular formula is C17H16BrN3O2. The number of nitrogens with zero attached hydrogens (tertiary/aromatic N) is 2. The number of fused-ring (bicyclic) bond motifs is 1. The van der Waals surface area contributed by atoms with E-state index in [9.17, 15) is 4.79 Å². The molecule has 5 nitrogen and oxygen atoms in total. The molecule has 0 aliphatic carbocycles. The van der Waals surface area contributed by atoms with Crippen molar-refractivity contribution in [3.05, 3.63) is 58.0 Å². The Morgan fingerprint density at radius 3 is 2.78 bits per heavy atom. The maximum Gasteiger partial charge on any atom is 0.274 e. The minimum atomic E-state index is -0.200. The molecule has 23 heavy (non-hydrogen) atoms. The maximum absolute atomic E-state index is 12.7. The first-order valence-electron chi connectivity index (χ1n) is 7.10. The molecule has 1 aromatic carbocycles. The van der Waals surface area contributed by atoms with Crippen molar-refractivity contribution in [2.24, 2.45) is 0 Å². The highest BCUT2D eigenvalue weighted by Gasteiger charge is 2.19. The molecule has 0 fully saturated rings. The Morgan fingerprint density at radius 1 is 1.30 bits per heavy atom. The van der Waals surface area contributed by atoms with Crippen molar-refractivity contribution in [2.45, 2.75) is 13.8 Å². The van der Waals surface area contributed by atoms with Gasteiger partial charge in [-0.15, -0.1) is 0 Å². The van der Waals surface area contributed by atoms with Gasteiger partial charge in [0, 0.05) is 16.4 Å². The van der Waals surface area contributed by atoms with Crippen molar-refractivity contribution in [3.63, 3.8) is 0 Å². The fraction of sp³-hybridized carbons (Fsp3) is 0.176. The van der Waals surface area contributed by atoms with E-state index in [0.29, 0.717) is 22.8 Å². The minimum absolute atomic E-state index is 0.200. The van der Waals surface area contributed by atoms with Gasteiger partial charge in [-0.2, -0.15) is 0 Å². The molecule has 1 N–H and O–H groups in total. The van der Waals surface area contributed by atoms with E-state index < -0.39 is 0 Å². The number of rotatable bonds is 3. The summed E-state index contributed by atoms with van der Waals surface area (Å²) in [4.78, 5) is 17.2. The van der Waals surface area contributed by atoms with Crippen molar-refractivity contribution in [1.82, 2.24) is 9.38 Å². The van der Waals surface area contributed by atoms with Gasteiger partial charge in [-0.25, -0.2) is 4.98 Å². The predicted octanol–water partition coefficient (Wildman–Crippen LogP) is 3.97. The fourth-order valence-electron chi connectivity index (χ4n) is 2.54. The zero-order valence-corrected chi connectivity index (χ0v) is 14.6. The Morgan fingerprint density at radius 2 is 2.09 bits per heavy atom. The van der Waals surface area contributed by atoms with Crippen LogP contribution in [-0.2, 0) is 0 Å². The lowest BCUT2D eigenvalue weighted by Crippen LogP contribution is -2.16. The van der Waals surface area contributed by atoms with Crippen molar-refractivity contribution >= 4 is 33.2 Å². The number of anilines is 1. The normalized spacial score (nSPS) is 10.8. The van der Waals surface area contributed by atoms with Crippen LogP contribution in [0.5, 0.6) is 5.75 Å². The first-order chi connectivity index (χ1) is 11.0. The highest BCUT2D eigenvalue weighted by atomic mass is 79.9. The van der Waals surface area contributed by atoms with Gasteiger partial charge in [-0.05, 0) is 49.7 Å². The number of benzene rings is 1. The van der Waals surface area contributed by atoms with Gasteiger partial charge in [0.1, 0.15) is 5.69 Å². The van der Waals surface area contributed by atoms with E-state index in [1.165, 1.54) is 0 Å². The number of hydrogen-bond acceptors (Lipinski definition) is 3. The van der Waals surface area contributed by atoms with E-state index in [2.05, 4.69) is 26.2 Å². The van der Waals surface area contributed by atoms with E-state index in [1.54, 1.807) is 17.7 Å².